The largest absolute Gasteiger partial charge is 0.296 e. The first kappa shape index (κ1) is 17.6. The number of imidazole rings is 1. The number of nitriles is 1. The van der Waals surface area contributed by atoms with E-state index >= 15 is 0 Å². The lowest BCUT2D eigenvalue weighted by Gasteiger charge is -2.15. The molecule has 0 aliphatic carbocycles. The molecule has 0 unspecified atom stereocenters. The molecular formula is C17H14FN5O2S. The molecule has 26 heavy (non-hydrogen) atoms. The summed E-state index contributed by atoms with van der Waals surface area (Å²) in [6.07, 6.45) is 3.97. The second-order valence-electron chi connectivity index (χ2n) is 5.53. The fourth-order valence-corrected chi connectivity index (χ4v) is 3.57. The molecule has 0 atom stereocenters. The predicted molar refractivity (Wildman–Crippen MR) is 93.6 cm³/mol. The third-order valence-electron chi connectivity index (χ3n) is 3.79. The van der Waals surface area contributed by atoms with Crippen LogP contribution in [0, 0.1) is 24.1 Å². The fraction of sp³-hybridized carbons (Fsp3) is 0.118. The van der Waals surface area contributed by atoms with Gasteiger partial charge in [-0.3, -0.25) is 4.40 Å². The summed E-state index contributed by atoms with van der Waals surface area (Å²) < 4.78 is 41.1. The Balaban J connectivity index is 1.96. The van der Waals surface area contributed by atoms with Gasteiger partial charge in [0.25, 0.3) is 10.0 Å². The maximum Gasteiger partial charge on any atom is 0.279 e. The Hall–Kier alpha value is -3.25. The van der Waals surface area contributed by atoms with Gasteiger partial charge >= 0.3 is 0 Å². The SMILES string of the molecule is Cc1ccc(C#N)cc1S(=O)(=O)N(C)/N=C/c1cnc2ccc(F)cn12. The van der Waals surface area contributed by atoms with Gasteiger partial charge < -0.3 is 0 Å². The molecular weight excluding hydrogens is 357 g/mol. The molecule has 3 rings (SSSR count). The van der Waals surface area contributed by atoms with Gasteiger partial charge in [0.2, 0.25) is 0 Å². The number of halogens is 1. The Bertz CT molecular complexity index is 1160. The van der Waals surface area contributed by atoms with Gasteiger partial charge in [-0.2, -0.15) is 23.2 Å². The number of hydrogen-bond donors (Lipinski definition) is 0. The first-order valence-corrected chi connectivity index (χ1v) is 8.93. The second kappa shape index (κ2) is 6.57. The van der Waals surface area contributed by atoms with Crippen LogP contribution in [-0.4, -0.2) is 35.5 Å². The van der Waals surface area contributed by atoms with Crippen molar-refractivity contribution >= 4 is 21.9 Å². The Kier molecular flexibility index (Phi) is 4.44. The highest BCUT2D eigenvalue weighted by atomic mass is 32.2. The minimum atomic E-state index is -3.94. The Morgan fingerprint density at radius 2 is 2.12 bits per heavy atom. The number of fused-ring (bicyclic) bond motifs is 1. The van der Waals surface area contributed by atoms with E-state index in [1.807, 2.05) is 6.07 Å². The van der Waals surface area contributed by atoms with Crippen molar-refractivity contribution in [1.29, 1.82) is 5.26 Å². The molecule has 7 nitrogen and oxygen atoms in total. The van der Waals surface area contributed by atoms with Gasteiger partial charge in [-0.05, 0) is 36.8 Å². The molecule has 0 aliphatic rings. The number of rotatable bonds is 4. The molecule has 9 heteroatoms. The molecule has 0 bridgehead atoms. The Morgan fingerprint density at radius 3 is 2.85 bits per heavy atom. The maximum atomic E-state index is 13.4. The van der Waals surface area contributed by atoms with Crippen molar-refractivity contribution in [3.05, 3.63) is 65.4 Å². The minimum absolute atomic E-state index is 0.000358. The summed E-state index contributed by atoms with van der Waals surface area (Å²) in [6, 6.07) is 9.12. The fourth-order valence-electron chi connectivity index (χ4n) is 2.36. The van der Waals surface area contributed by atoms with Gasteiger partial charge in [-0.15, -0.1) is 0 Å². The highest BCUT2D eigenvalue weighted by Crippen LogP contribution is 2.20. The van der Waals surface area contributed by atoms with Gasteiger partial charge in [0.15, 0.2) is 0 Å². The van der Waals surface area contributed by atoms with Crippen LogP contribution in [0.2, 0.25) is 0 Å². The number of hydrazone groups is 1. The molecule has 2 aromatic heterocycles. The lowest BCUT2D eigenvalue weighted by Crippen LogP contribution is -2.23. The molecule has 2 heterocycles. The zero-order valence-corrected chi connectivity index (χ0v) is 14.8. The average Bonchev–Trinajstić information content (AvgIpc) is 3.02. The van der Waals surface area contributed by atoms with Gasteiger partial charge in [0.05, 0.1) is 34.6 Å². The zero-order chi connectivity index (χ0) is 18.9. The van der Waals surface area contributed by atoms with E-state index in [0.29, 0.717) is 16.9 Å². The summed E-state index contributed by atoms with van der Waals surface area (Å²) in [4.78, 5) is 4.10. The minimum Gasteiger partial charge on any atom is -0.296 e. The molecule has 0 N–H and O–H groups in total. The van der Waals surface area contributed by atoms with Gasteiger partial charge in [0.1, 0.15) is 11.5 Å². The molecule has 1 aromatic carbocycles. The van der Waals surface area contributed by atoms with Crippen LogP contribution in [0.3, 0.4) is 0 Å². The van der Waals surface area contributed by atoms with E-state index in [2.05, 4.69) is 10.1 Å². The molecule has 0 saturated carbocycles. The van der Waals surface area contributed by atoms with Crippen molar-refractivity contribution in [2.24, 2.45) is 5.10 Å². The van der Waals surface area contributed by atoms with E-state index in [1.165, 1.54) is 48.3 Å². The molecule has 3 aromatic rings. The topological polar surface area (TPSA) is 90.8 Å². The summed E-state index contributed by atoms with van der Waals surface area (Å²) in [6.45, 7) is 1.64. The van der Waals surface area contributed by atoms with Crippen LogP contribution in [0.25, 0.3) is 5.65 Å². The Labute approximate surface area is 149 Å². The van der Waals surface area contributed by atoms with Crippen molar-refractivity contribution in [2.75, 3.05) is 7.05 Å². The van der Waals surface area contributed by atoms with Gasteiger partial charge in [-0.25, -0.2) is 9.37 Å². The van der Waals surface area contributed by atoms with Crippen molar-refractivity contribution in [3.8, 4) is 6.07 Å². The number of aromatic nitrogens is 2. The van der Waals surface area contributed by atoms with E-state index in [4.69, 9.17) is 5.26 Å². The van der Waals surface area contributed by atoms with Crippen LogP contribution < -0.4 is 0 Å². The molecule has 0 radical (unpaired) electrons. The van der Waals surface area contributed by atoms with Crippen LogP contribution in [0.15, 0.2) is 52.7 Å². The first-order valence-electron chi connectivity index (χ1n) is 7.49. The second-order valence-corrected chi connectivity index (χ2v) is 7.45. The number of nitrogens with zero attached hydrogens (tertiary/aromatic N) is 5. The lowest BCUT2D eigenvalue weighted by molar-refractivity contribution is 0.490. The highest BCUT2D eigenvalue weighted by Gasteiger charge is 2.22. The van der Waals surface area contributed by atoms with E-state index in [1.54, 1.807) is 19.1 Å². The standard InChI is InChI=1S/C17H14FN5O2S/c1-12-3-4-13(8-19)7-16(12)26(24,25)22(2)21-10-15-9-20-17-6-5-14(18)11-23(15)17/h3-7,9-11H,1-2H3/b21-10+. The maximum absolute atomic E-state index is 13.4. The monoisotopic (exact) mass is 371 g/mol. The summed E-state index contributed by atoms with van der Waals surface area (Å²) in [7, 11) is -2.65. The van der Waals surface area contributed by atoms with E-state index in [0.717, 1.165) is 4.41 Å². The summed E-state index contributed by atoms with van der Waals surface area (Å²) in [5, 5.41) is 12.9. The van der Waals surface area contributed by atoms with E-state index in [-0.39, 0.29) is 10.5 Å². The smallest absolute Gasteiger partial charge is 0.279 e. The molecule has 0 spiro atoms. The predicted octanol–water partition coefficient (Wildman–Crippen LogP) is 2.31. The summed E-state index contributed by atoms with van der Waals surface area (Å²) in [5.74, 6) is -0.449. The molecule has 0 fully saturated rings. The number of pyridine rings is 1. The van der Waals surface area contributed by atoms with Crippen LogP contribution in [0.4, 0.5) is 4.39 Å². The summed E-state index contributed by atoms with van der Waals surface area (Å²) in [5.41, 5.74) is 1.67. The molecule has 0 saturated heterocycles. The Morgan fingerprint density at radius 1 is 1.35 bits per heavy atom. The number of sulfonamides is 1. The van der Waals surface area contributed by atoms with Gasteiger partial charge in [-0.1, -0.05) is 6.07 Å². The molecule has 132 valence electrons. The lowest BCUT2D eigenvalue weighted by atomic mass is 10.2. The average molecular weight is 371 g/mol. The third kappa shape index (κ3) is 3.14. The van der Waals surface area contributed by atoms with Crippen molar-refractivity contribution < 1.29 is 12.8 Å². The molecule has 0 aliphatic heterocycles. The number of benzene rings is 1. The zero-order valence-electron chi connectivity index (χ0n) is 14.0. The van der Waals surface area contributed by atoms with Crippen molar-refractivity contribution in [3.63, 3.8) is 0 Å². The van der Waals surface area contributed by atoms with Crippen LogP contribution in [0.1, 0.15) is 16.8 Å². The van der Waals surface area contributed by atoms with E-state index in [9.17, 15) is 12.8 Å². The van der Waals surface area contributed by atoms with E-state index < -0.39 is 15.8 Å². The normalized spacial score (nSPS) is 11.8. The van der Waals surface area contributed by atoms with Gasteiger partial charge in [0, 0.05) is 13.2 Å². The van der Waals surface area contributed by atoms with Crippen LogP contribution in [0.5, 0.6) is 0 Å². The molecule has 0 amide bonds. The van der Waals surface area contributed by atoms with Crippen molar-refractivity contribution in [2.45, 2.75) is 11.8 Å². The van der Waals surface area contributed by atoms with Crippen LogP contribution >= 0.6 is 0 Å². The summed E-state index contributed by atoms with van der Waals surface area (Å²) >= 11 is 0. The highest BCUT2D eigenvalue weighted by molar-refractivity contribution is 7.89. The number of aryl methyl sites for hydroxylation is 1. The first-order chi connectivity index (χ1) is 12.3. The van der Waals surface area contributed by atoms with Crippen molar-refractivity contribution in [1.82, 2.24) is 13.8 Å². The van der Waals surface area contributed by atoms with Crippen LogP contribution in [-0.2, 0) is 10.0 Å². The number of hydrogen-bond acceptors (Lipinski definition) is 5. The quantitative estimate of drug-likeness (QED) is 0.520. The third-order valence-corrected chi connectivity index (χ3v) is 5.58.